The number of methoxy groups -OCH3 is 1. The van der Waals surface area contributed by atoms with Gasteiger partial charge in [-0.2, -0.15) is 0 Å². The second-order valence-electron chi connectivity index (χ2n) is 6.35. The normalized spacial score (nSPS) is 10.5. The summed E-state index contributed by atoms with van der Waals surface area (Å²) in [6.45, 7) is 0. The molecule has 3 aromatic carbocycles. The molecule has 0 fully saturated rings. The summed E-state index contributed by atoms with van der Waals surface area (Å²) in [7, 11) is 1.51. The number of benzene rings is 3. The van der Waals surface area contributed by atoms with Crippen LogP contribution in [0.15, 0.2) is 66.9 Å². The van der Waals surface area contributed by atoms with Crippen LogP contribution >= 0.6 is 0 Å². The van der Waals surface area contributed by atoms with Gasteiger partial charge in [0.1, 0.15) is 23.2 Å². The van der Waals surface area contributed by atoms with Crippen molar-refractivity contribution in [3.8, 4) is 28.8 Å². The number of aromatic nitrogens is 1. The number of hydrogen-bond donors (Lipinski definition) is 0. The Hall–Kier alpha value is -3.78. The van der Waals surface area contributed by atoms with Crippen molar-refractivity contribution in [2.24, 2.45) is 0 Å². The van der Waals surface area contributed by atoms with Gasteiger partial charge in [-0.3, -0.25) is 4.98 Å². The maximum absolute atomic E-state index is 14.5. The Morgan fingerprint density at radius 3 is 2.21 bits per heavy atom. The molecule has 4 rings (SSSR count). The largest absolute Gasteiger partial charge is 0.495 e. The average Bonchev–Trinajstić information content (AvgIpc) is 2.73. The third-order valence-electron chi connectivity index (χ3n) is 4.44. The van der Waals surface area contributed by atoms with Crippen LogP contribution in [0.4, 0.5) is 13.2 Å². The van der Waals surface area contributed by atoms with Crippen molar-refractivity contribution >= 4 is 10.8 Å². The van der Waals surface area contributed by atoms with Crippen LogP contribution in [-0.4, -0.2) is 12.1 Å². The Kier molecular flexibility index (Phi) is 4.92. The Bertz CT molecular complexity index is 1250. The van der Waals surface area contributed by atoms with Gasteiger partial charge < -0.3 is 4.74 Å². The smallest absolute Gasteiger partial charge is 0.142 e. The molecule has 0 saturated heterocycles. The van der Waals surface area contributed by atoms with Gasteiger partial charge in [0, 0.05) is 11.1 Å². The van der Waals surface area contributed by atoms with Crippen molar-refractivity contribution in [1.29, 1.82) is 0 Å². The van der Waals surface area contributed by atoms with E-state index in [1.807, 2.05) is 0 Å². The number of rotatable bonds is 2. The molecule has 0 N–H and O–H groups in total. The van der Waals surface area contributed by atoms with Crippen LogP contribution in [-0.2, 0) is 0 Å². The number of hydrogen-bond acceptors (Lipinski definition) is 2. The summed E-state index contributed by atoms with van der Waals surface area (Å²) in [6.07, 6.45) is 1.48. The summed E-state index contributed by atoms with van der Waals surface area (Å²) in [5, 5.41) is 1.52. The van der Waals surface area contributed by atoms with E-state index in [0.29, 0.717) is 22.6 Å². The van der Waals surface area contributed by atoms with Gasteiger partial charge in [0.2, 0.25) is 0 Å². The number of halogens is 3. The Labute approximate surface area is 165 Å². The molecule has 29 heavy (non-hydrogen) atoms. The van der Waals surface area contributed by atoms with Crippen LogP contribution in [0.25, 0.3) is 22.0 Å². The minimum Gasteiger partial charge on any atom is -0.495 e. The molecule has 0 atom stereocenters. The fourth-order valence-corrected chi connectivity index (χ4v) is 2.94. The lowest BCUT2D eigenvalue weighted by molar-refractivity contribution is 0.413. The summed E-state index contributed by atoms with van der Waals surface area (Å²) in [5.41, 5.74) is 0.982. The first-order valence-electron chi connectivity index (χ1n) is 8.74. The van der Waals surface area contributed by atoms with Crippen molar-refractivity contribution in [3.63, 3.8) is 0 Å². The first-order valence-corrected chi connectivity index (χ1v) is 8.74. The average molecular weight is 389 g/mol. The molecule has 0 bridgehead atoms. The Morgan fingerprint density at radius 2 is 1.52 bits per heavy atom. The van der Waals surface area contributed by atoms with Gasteiger partial charge in [0.05, 0.1) is 24.6 Å². The highest BCUT2D eigenvalue weighted by atomic mass is 19.1. The highest BCUT2D eigenvalue weighted by molar-refractivity contribution is 5.84. The number of pyridine rings is 1. The van der Waals surface area contributed by atoms with E-state index in [9.17, 15) is 13.2 Å². The molecule has 4 aromatic rings. The molecular formula is C24H14F3NO. The first kappa shape index (κ1) is 18.6. The molecule has 0 unspecified atom stereocenters. The monoisotopic (exact) mass is 389 g/mol. The molecule has 1 heterocycles. The predicted octanol–water partition coefficient (Wildman–Crippen LogP) is 5.73. The fourth-order valence-electron chi connectivity index (χ4n) is 2.94. The second kappa shape index (κ2) is 7.69. The lowest BCUT2D eigenvalue weighted by Crippen LogP contribution is -1.94. The van der Waals surface area contributed by atoms with E-state index in [2.05, 4.69) is 16.8 Å². The minimum atomic E-state index is -0.770. The van der Waals surface area contributed by atoms with E-state index in [1.165, 1.54) is 37.6 Å². The molecule has 0 aliphatic rings. The van der Waals surface area contributed by atoms with Crippen molar-refractivity contribution in [3.05, 3.63) is 95.4 Å². The third kappa shape index (κ3) is 3.92. The molecule has 0 spiro atoms. The SMILES string of the molecule is COc1ccc(-c2cc(F)c(C#Cc3ccc4cc(F)ccc4c3)c(F)c2)nc1. The molecule has 0 amide bonds. The predicted molar refractivity (Wildman–Crippen MR) is 106 cm³/mol. The molecule has 5 heteroatoms. The fraction of sp³-hybridized carbons (Fsp3) is 0.0417. The molecule has 1 aromatic heterocycles. The Morgan fingerprint density at radius 1 is 0.793 bits per heavy atom. The van der Waals surface area contributed by atoms with Crippen molar-refractivity contribution in [2.75, 3.05) is 7.11 Å². The molecule has 0 saturated carbocycles. The molecule has 0 radical (unpaired) electrons. The first-order chi connectivity index (χ1) is 14.0. The van der Waals surface area contributed by atoms with Crippen LogP contribution in [0.3, 0.4) is 0 Å². The van der Waals surface area contributed by atoms with Crippen LogP contribution in [0.2, 0.25) is 0 Å². The maximum Gasteiger partial charge on any atom is 0.142 e. The third-order valence-corrected chi connectivity index (χ3v) is 4.44. The van der Waals surface area contributed by atoms with Crippen molar-refractivity contribution in [1.82, 2.24) is 4.98 Å². The van der Waals surface area contributed by atoms with E-state index in [0.717, 1.165) is 10.8 Å². The highest BCUT2D eigenvalue weighted by Gasteiger charge is 2.11. The summed E-state index contributed by atoms with van der Waals surface area (Å²) >= 11 is 0. The molecular weight excluding hydrogens is 375 g/mol. The van der Waals surface area contributed by atoms with E-state index in [1.54, 1.807) is 36.4 Å². The zero-order valence-electron chi connectivity index (χ0n) is 15.3. The van der Waals surface area contributed by atoms with E-state index in [-0.39, 0.29) is 11.4 Å². The zero-order valence-corrected chi connectivity index (χ0v) is 15.3. The maximum atomic E-state index is 14.5. The topological polar surface area (TPSA) is 22.1 Å². The molecule has 0 aliphatic carbocycles. The van der Waals surface area contributed by atoms with E-state index in [4.69, 9.17) is 4.74 Å². The van der Waals surface area contributed by atoms with Crippen molar-refractivity contribution < 1.29 is 17.9 Å². The van der Waals surface area contributed by atoms with Crippen LogP contribution in [0.1, 0.15) is 11.1 Å². The zero-order chi connectivity index (χ0) is 20.4. The van der Waals surface area contributed by atoms with Crippen molar-refractivity contribution in [2.45, 2.75) is 0 Å². The van der Waals surface area contributed by atoms with Gasteiger partial charge in [0.25, 0.3) is 0 Å². The highest BCUT2D eigenvalue weighted by Crippen LogP contribution is 2.24. The lowest BCUT2D eigenvalue weighted by atomic mass is 10.1. The molecule has 0 aliphatic heterocycles. The summed E-state index contributed by atoms with van der Waals surface area (Å²) in [5.74, 6) is 4.01. The lowest BCUT2D eigenvalue weighted by Gasteiger charge is -2.05. The van der Waals surface area contributed by atoms with Crippen LogP contribution in [0, 0.1) is 29.3 Å². The molecule has 2 nitrogen and oxygen atoms in total. The quantitative estimate of drug-likeness (QED) is 0.409. The Balaban J connectivity index is 1.67. The van der Waals surface area contributed by atoms with Crippen LogP contribution in [0.5, 0.6) is 5.75 Å². The van der Waals surface area contributed by atoms with Gasteiger partial charge in [-0.25, -0.2) is 13.2 Å². The summed E-state index contributed by atoms with van der Waals surface area (Å²) in [6, 6.07) is 15.2. The van der Waals surface area contributed by atoms with Gasteiger partial charge in [-0.05, 0) is 59.3 Å². The number of ether oxygens (including phenoxy) is 1. The van der Waals surface area contributed by atoms with Gasteiger partial charge in [-0.1, -0.05) is 24.0 Å². The van der Waals surface area contributed by atoms with E-state index < -0.39 is 11.6 Å². The molecule has 142 valence electrons. The van der Waals surface area contributed by atoms with Gasteiger partial charge in [0.15, 0.2) is 0 Å². The summed E-state index contributed by atoms with van der Waals surface area (Å²) in [4.78, 5) is 4.14. The second-order valence-corrected chi connectivity index (χ2v) is 6.35. The van der Waals surface area contributed by atoms with Gasteiger partial charge in [-0.15, -0.1) is 0 Å². The standard InChI is InChI=1S/C24H14F3NO/c1-29-20-7-9-24(28-14-20)18-12-22(26)21(23(27)13-18)8-3-15-2-4-17-11-19(25)6-5-16(17)10-15/h2,4-7,9-14H,1H3. The summed E-state index contributed by atoms with van der Waals surface area (Å²) < 4.78 is 47.3. The number of nitrogens with zero attached hydrogens (tertiary/aromatic N) is 1. The van der Waals surface area contributed by atoms with Crippen LogP contribution < -0.4 is 4.74 Å². The van der Waals surface area contributed by atoms with E-state index >= 15 is 0 Å². The number of fused-ring (bicyclic) bond motifs is 1. The van der Waals surface area contributed by atoms with Gasteiger partial charge >= 0.3 is 0 Å². The minimum absolute atomic E-state index is 0.306.